The van der Waals surface area contributed by atoms with Crippen molar-refractivity contribution in [1.29, 1.82) is 0 Å². The van der Waals surface area contributed by atoms with Crippen molar-refractivity contribution >= 4 is 11.7 Å². The summed E-state index contributed by atoms with van der Waals surface area (Å²) >= 11 is 0. The Hall–Kier alpha value is -2.44. The first-order chi connectivity index (χ1) is 9.40. The topological polar surface area (TPSA) is 108 Å². The van der Waals surface area contributed by atoms with Crippen molar-refractivity contribution in [3.8, 4) is 11.5 Å². The third-order valence-corrected chi connectivity index (χ3v) is 2.95. The lowest BCUT2D eigenvalue weighted by molar-refractivity contribution is 0.0782. The van der Waals surface area contributed by atoms with Crippen LogP contribution in [0.15, 0.2) is 23.4 Å². The van der Waals surface area contributed by atoms with Gasteiger partial charge in [-0.05, 0) is 18.2 Å². The van der Waals surface area contributed by atoms with Crippen LogP contribution in [0.1, 0.15) is 17.3 Å². The van der Waals surface area contributed by atoms with E-state index in [4.69, 9.17) is 15.7 Å². The molecule has 1 rings (SSSR count). The number of amidine groups is 1. The molecule has 0 bridgehead atoms. The van der Waals surface area contributed by atoms with Crippen LogP contribution in [-0.4, -0.2) is 47.7 Å². The average Bonchev–Trinajstić information content (AvgIpc) is 2.45. The molecule has 0 saturated heterocycles. The zero-order valence-corrected chi connectivity index (χ0v) is 11.7. The molecule has 20 heavy (non-hydrogen) atoms. The molecular weight excluding hydrogens is 262 g/mol. The predicted molar refractivity (Wildman–Crippen MR) is 74.2 cm³/mol. The molecule has 0 aliphatic carbocycles. The quantitative estimate of drug-likeness (QED) is 0.321. The number of nitrogens with two attached hydrogens (primary N) is 1. The Morgan fingerprint density at radius 3 is 2.75 bits per heavy atom. The van der Waals surface area contributed by atoms with Gasteiger partial charge < -0.3 is 25.7 Å². The van der Waals surface area contributed by atoms with Crippen LogP contribution in [0, 0.1) is 5.92 Å². The number of nitrogens with zero attached hydrogens (tertiary/aromatic N) is 2. The number of carbonyl (C=O) groups is 1. The van der Waals surface area contributed by atoms with Crippen LogP contribution >= 0.6 is 0 Å². The van der Waals surface area contributed by atoms with Crippen LogP contribution in [0.3, 0.4) is 0 Å². The van der Waals surface area contributed by atoms with Crippen molar-refractivity contribution in [1.82, 2.24) is 4.90 Å². The number of amides is 1. The molecule has 0 heterocycles. The lowest BCUT2D eigenvalue weighted by atomic mass is 10.1. The van der Waals surface area contributed by atoms with Gasteiger partial charge in [-0.25, -0.2) is 0 Å². The molecule has 110 valence electrons. The Morgan fingerprint density at radius 2 is 2.20 bits per heavy atom. The summed E-state index contributed by atoms with van der Waals surface area (Å²) in [6.07, 6.45) is 0. The molecular formula is C13H19N3O4. The van der Waals surface area contributed by atoms with E-state index in [0.717, 1.165) is 0 Å². The molecule has 0 saturated carbocycles. The first-order valence-corrected chi connectivity index (χ1v) is 6.00. The third kappa shape index (κ3) is 3.53. The smallest absolute Gasteiger partial charge is 0.257 e. The number of ether oxygens (including phenoxy) is 1. The van der Waals surface area contributed by atoms with Gasteiger partial charge in [0, 0.05) is 19.5 Å². The monoisotopic (exact) mass is 281 g/mol. The Kier molecular flexibility index (Phi) is 5.19. The number of aromatic hydroxyl groups is 1. The van der Waals surface area contributed by atoms with E-state index in [1.165, 1.54) is 24.1 Å². The zero-order valence-electron chi connectivity index (χ0n) is 11.7. The Balaban J connectivity index is 2.89. The molecule has 1 atom stereocenters. The highest BCUT2D eigenvalue weighted by Gasteiger charge is 2.20. The van der Waals surface area contributed by atoms with Crippen LogP contribution in [0.2, 0.25) is 0 Å². The minimum atomic E-state index is -0.376. The first-order valence-electron chi connectivity index (χ1n) is 6.00. The summed E-state index contributed by atoms with van der Waals surface area (Å²) < 4.78 is 5.02. The fraction of sp³-hybridized carbons (Fsp3) is 0.385. The van der Waals surface area contributed by atoms with Gasteiger partial charge in [0.25, 0.3) is 5.91 Å². The number of benzene rings is 1. The summed E-state index contributed by atoms with van der Waals surface area (Å²) in [7, 11) is 3.05. The number of rotatable bonds is 5. The van der Waals surface area contributed by atoms with Crippen LogP contribution in [-0.2, 0) is 0 Å². The van der Waals surface area contributed by atoms with E-state index in [2.05, 4.69) is 5.16 Å². The molecule has 7 heteroatoms. The largest absolute Gasteiger partial charge is 0.507 e. The lowest BCUT2D eigenvalue weighted by Gasteiger charge is -2.21. The van der Waals surface area contributed by atoms with Gasteiger partial charge in [0.15, 0.2) is 0 Å². The van der Waals surface area contributed by atoms with Crippen molar-refractivity contribution in [3.63, 3.8) is 0 Å². The maximum Gasteiger partial charge on any atom is 0.257 e. The van der Waals surface area contributed by atoms with Crippen molar-refractivity contribution in [3.05, 3.63) is 23.8 Å². The van der Waals surface area contributed by atoms with Crippen LogP contribution in [0.5, 0.6) is 11.5 Å². The number of carbonyl (C=O) groups excluding carboxylic acids is 1. The maximum absolute atomic E-state index is 12.2. The molecule has 7 nitrogen and oxygen atoms in total. The third-order valence-electron chi connectivity index (χ3n) is 2.95. The van der Waals surface area contributed by atoms with E-state index in [-0.39, 0.29) is 35.5 Å². The van der Waals surface area contributed by atoms with E-state index in [1.807, 2.05) is 0 Å². The molecule has 0 spiro atoms. The second kappa shape index (κ2) is 6.65. The van der Waals surface area contributed by atoms with Gasteiger partial charge >= 0.3 is 0 Å². The molecule has 4 N–H and O–H groups in total. The fourth-order valence-corrected chi connectivity index (χ4v) is 1.70. The molecule has 0 fully saturated rings. The van der Waals surface area contributed by atoms with Gasteiger partial charge in [-0.3, -0.25) is 4.79 Å². The summed E-state index contributed by atoms with van der Waals surface area (Å²) in [6, 6.07) is 4.42. The number of methoxy groups -OCH3 is 1. The SMILES string of the molecule is COc1ccc(O)c(C(=O)N(C)CC(C)C(N)=NO)c1. The average molecular weight is 281 g/mol. The molecule has 1 unspecified atom stereocenters. The normalized spacial score (nSPS) is 12.8. The Labute approximate surface area is 117 Å². The van der Waals surface area contributed by atoms with Crippen molar-refractivity contribution in [2.75, 3.05) is 20.7 Å². The van der Waals surface area contributed by atoms with Crippen LogP contribution < -0.4 is 10.5 Å². The van der Waals surface area contributed by atoms with Gasteiger partial charge in [-0.2, -0.15) is 0 Å². The van der Waals surface area contributed by atoms with Gasteiger partial charge in [0.2, 0.25) is 0 Å². The van der Waals surface area contributed by atoms with Crippen LogP contribution in [0.25, 0.3) is 0 Å². The summed E-state index contributed by atoms with van der Waals surface area (Å²) in [5.74, 6) is -0.289. The molecule has 0 aliphatic heterocycles. The number of hydrogen-bond acceptors (Lipinski definition) is 5. The van der Waals surface area contributed by atoms with Gasteiger partial charge in [-0.15, -0.1) is 0 Å². The highest BCUT2D eigenvalue weighted by Crippen LogP contribution is 2.24. The first kappa shape index (κ1) is 15.6. The van der Waals surface area contributed by atoms with E-state index < -0.39 is 0 Å². The second-order valence-corrected chi connectivity index (χ2v) is 4.49. The highest BCUT2D eigenvalue weighted by molar-refractivity contribution is 5.97. The van der Waals surface area contributed by atoms with Crippen molar-refractivity contribution in [2.24, 2.45) is 16.8 Å². The summed E-state index contributed by atoms with van der Waals surface area (Å²) in [5, 5.41) is 21.2. The van der Waals surface area contributed by atoms with Crippen molar-refractivity contribution in [2.45, 2.75) is 6.92 Å². The number of phenols is 1. The summed E-state index contributed by atoms with van der Waals surface area (Å²) in [5.41, 5.74) is 5.61. The summed E-state index contributed by atoms with van der Waals surface area (Å²) in [6.45, 7) is 1.98. The lowest BCUT2D eigenvalue weighted by Crippen LogP contribution is -2.36. The Bertz CT molecular complexity index is 516. The van der Waals surface area contributed by atoms with E-state index in [9.17, 15) is 9.90 Å². The molecule has 0 aliphatic rings. The maximum atomic E-state index is 12.2. The highest BCUT2D eigenvalue weighted by atomic mass is 16.5. The minimum Gasteiger partial charge on any atom is -0.507 e. The molecule has 1 aromatic rings. The van der Waals surface area contributed by atoms with Gasteiger partial charge in [-0.1, -0.05) is 12.1 Å². The van der Waals surface area contributed by atoms with Crippen molar-refractivity contribution < 1.29 is 19.8 Å². The standard InChI is InChI=1S/C13H19N3O4/c1-8(12(14)15-19)7-16(2)13(18)10-6-9(20-3)4-5-11(10)17/h4-6,8,17,19H,7H2,1-3H3,(H2,14,15). The van der Waals surface area contributed by atoms with E-state index in [1.54, 1.807) is 20.0 Å². The zero-order chi connectivity index (χ0) is 15.3. The molecule has 1 amide bonds. The second-order valence-electron chi connectivity index (χ2n) is 4.49. The van der Waals surface area contributed by atoms with E-state index >= 15 is 0 Å². The number of phenolic OH excluding ortho intramolecular Hbond substituents is 1. The van der Waals surface area contributed by atoms with Gasteiger partial charge in [0.05, 0.1) is 12.7 Å². The molecule has 0 aromatic heterocycles. The predicted octanol–water partition coefficient (Wildman–Crippen LogP) is 0.855. The van der Waals surface area contributed by atoms with Gasteiger partial charge in [0.1, 0.15) is 17.3 Å². The molecule has 0 radical (unpaired) electrons. The minimum absolute atomic E-state index is 0.0412. The number of hydrogen-bond donors (Lipinski definition) is 3. The number of oxime groups is 1. The Morgan fingerprint density at radius 1 is 1.55 bits per heavy atom. The molecule has 1 aromatic carbocycles. The van der Waals surface area contributed by atoms with Crippen LogP contribution in [0.4, 0.5) is 0 Å². The summed E-state index contributed by atoms with van der Waals surface area (Å²) in [4.78, 5) is 13.6. The van der Waals surface area contributed by atoms with E-state index in [0.29, 0.717) is 5.75 Å². The fourth-order valence-electron chi connectivity index (χ4n) is 1.70.